The minimum absolute atomic E-state index is 0.0428. The Hall–Kier alpha value is -1.11. The van der Waals surface area contributed by atoms with Gasteiger partial charge < -0.3 is 15.5 Å². The molecule has 1 saturated carbocycles. The van der Waals surface area contributed by atoms with E-state index in [1.807, 2.05) is 0 Å². The molecule has 0 aromatic carbocycles. The maximum absolute atomic E-state index is 11.9. The van der Waals surface area contributed by atoms with Crippen LogP contribution in [0.25, 0.3) is 0 Å². The van der Waals surface area contributed by atoms with Crippen molar-refractivity contribution in [3.05, 3.63) is 21.6 Å². The summed E-state index contributed by atoms with van der Waals surface area (Å²) in [5, 5.41) is 25.8. The zero-order valence-corrected chi connectivity index (χ0v) is 11.3. The van der Waals surface area contributed by atoms with Crippen molar-refractivity contribution in [1.29, 1.82) is 0 Å². The first-order valence-electron chi connectivity index (χ1n) is 6.44. The molecule has 1 aliphatic rings. The van der Waals surface area contributed by atoms with Gasteiger partial charge in [-0.1, -0.05) is 24.4 Å². The van der Waals surface area contributed by atoms with Gasteiger partial charge in [0, 0.05) is 0 Å². The van der Waals surface area contributed by atoms with Crippen LogP contribution in [0, 0.1) is 0 Å². The molecule has 0 saturated heterocycles. The normalized spacial score (nSPS) is 23.3. The average Bonchev–Trinajstić information content (AvgIpc) is 2.41. The second kappa shape index (κ2) is 6.36. The molecule has 2 rings (SSSR count). The van der Waals surface area contributed by atoms with E-state index in [9.17, 15) is 9.90 Å². The number of nitrogens with one attached hydrogen (secondary N) is 1. The van der Waals surface area contributed by atoms with Crippen LogP contribution in [0.5, 0.6) is 0 Å². The number of aliphatic hydroxyl groups is 2. The Morgan fingerprint density at radius 1 is 1.47 bits per heavy atom. The summed E-state index contributed by atoms with van der Waals surface area (Å²) in [6, 6.07) is -0.0962. The fourth-order valence-corrected chi connectivity index (χ4v) is 2.50. The number of hydrogen-bond donors (Lipinski definition) is 3. The summed E-state index contributed by atoms with van der Waals surface area (Å²) >= 11 is 6.00. The van der Waals surface area contributed by atoms with Crippen molar-refractivity contribution in [3.8, 4) is 0 Å². The van der Waals surface area contributed by atoms with Gasteiger partial charge in [0.15, 0.2) is 0 Å². The van der Waals surface area contributed by atoms with Crippen LogP contribution in [0.2, 0.25) is 5.02 Å². The second-order valence-electron chi connectivity index (χ2n) is 4.73. The smallest absolute Gasteiger partial charge is 0.287 e. The molecule has 1 aliphatic carbocycles. The number of anilines is 1. The van der Waals surface area contributed by atoms with Gasteiger partial charge in [-0.05, 0) is 12.8 Å². The first-order chi connectivity index (χ1) is 9.13. The molecule has 7 heteroatoms. The molecule has 0 bridgehead atoms. The Morgan fingerprint density at radius 3 is 2.89 bits per heavy atom. The van der Waals surface area contributed by atoms with Gasteiger partial charge in [-0.2, -0.15) is 5.10 Å². The Labute approximate surface area is 116 Å². The summed E-state index contributed by atoms with van der Waals surface area (Å²) in [7, 11) is 0. The van der Waals surface area contributed by atoms with E-state index in [1.54, 1.807) is 0 Å². The van der Waals surface area contributed by atoms with Gasteiger partial charge in [0.05, 0.1) is 37.2 Å². The molecule has 1 aromatic heterocycles. The summed E-state index contributed by atoms with van der Waals surface area (Å²) in [4.78, 5) is 11.9. The largest absolute Gasteiger partial charge is 0.394 e. The Bertz CT molecular complexity index is 492. The number of hydrogen-bond acceptors (Lipinski definition) is 5. The lowest BCUT2D eigenvalue weighted by Gasteiger charge is -2.29. The molecule has 106 valence electrons. The summed E-state index contributed by atoms with van der Waals surface area (Å²) < 4.78 is 1.12. The Balaban J connectivity index is 2.16. The topological polar surface area (TPSA) is 87.4 Å². The van der Waals surface area contributed by atoms with Gasteiger partial charge in [-0.15, -0.1) is 0 Å². The van der Waals surface area contributed by atoms with E-state index in [4.69, 9.17) is 16.7 Å². The summed E-state index contributed by atoms with van der Waals surface area (Å²) in [6.07, 6.45) is 4.69. The highest BCUT2D eigenvalue weighted by molar-refractivity contribution is 6.32. The molecule has 1 fully saturated rings. The molecular formula is C12H18ClN3O3. The Kier molecular flexibility index (Phi) is 4.79. The first kappa shape index (κ1) is 14.3. The molecule has 1 aromatic rings. The third-order valence-electron chi connectivity index (χ3n) is 3.37. The predicted molar refractivity (Wildman–Crippen MR) is 72.5 cm³/mol. The van der Waals surface area contributed by atoms with E-state index < -0.39 is 11.7 Å². The fraction of sp³-hybridized carbons (Fsp3) is 0.667. The summed E-state index contributed by atoms with van der Waals surface area (Å²) in [6.45, 7) is -0.0533. The maximum atomic E-state index is 11.9. The lowest BCUT2D eigenvalue weighted by Crippen LogP contribution is -2.37. The van der Waals surface area contributed by atoms with Crippen molar-refractivity contribution >= 4 is 17.3 Å². The average molecular weight is 288 g/mol. The van der Waals surface area contributed by atoms with E-state index in [2.05, 4.69) is 10.4 Å². The summed E-state index contributed by atoms with van der Waals surface area (Å²) in [5.74, 6) is 0. The highest BCUT2D eigenvalue weighted by atomic mass is 35.5. The Morgan fingerprint density at radius 2 is 2.21 bits per heavy atom. The van der Waals surface area contributed by atoms with Gasteiger partial charge in [-0.3, -0.25) is 4.79 Å². The van der Waals surface area contributed by atoms with Crippen LogP contribution in [0.3, 0.4) is 0 Å². The molecule has 2 unspecified atom stereocenters. The predicted octanol–water partition coefficient (Wildman–Crippen LogP) is 0.604. The van der Waals surface area contributed by atoms with Crippen LogP contribution in [0.15, 0.2) is 11.0 Å². The van der Waals surface area contributed by atoms with Gasteiger partial charge in [-0.25, -0.2) is 4.68 Å². The van der Waals surface area contributed by atoms with Crippen molar-refractivity contribution in [2.75, 3.05) is 11.9 Å². The van der Waals surface area contributed by atoms with Crippen LogP contribution in [0.4, 0.5) is 5.69 Å². The minimum Gasteiger partial charge on any atom is -0.394 e. The highest BCUT2D eigenvalue weighted by Crippen LogP contribution is 2.24. The number of halogens is 1. The van der Waals surface area contributed by atoms with Crippen molar-refractivity contribution in [2.24, 2.45) is 0 Å². The van der Waals surface area contributed by atoms with Crippen molar-refractivity contribution in [3.63, 3.8) is 0 Å². The van der Waals surface area contributed by atoms with E-state index in [-0.39, 0.29) is 24.2 Å². The number of rotatable bonds is 4. The molecule has 0 spiro atoms. The van der Waals surface area contributed by atoms with E-state index in [0.717, 1.165) is 30.4 Å². The molecule has 19 heavy (non-hydrogen) atoms. The fourth-order valence-electron chi connectivity index (χ4n) is 2.30. The third-order valence-corrected chi connectivity index (χ3v) is 3.73. The van der Waals surface area contributed by atoms with Crippen molar-refractivity contribution < 1.29 is 10.2 Å². The first-order valence-corrected chi connectivity index (χ1v) is 6.82. The zero-order chi connectivity index (χ0) is 13.8. The molecule has 0 aliphatic heterocycles. The van der Waals surface area contributed by atoms with Gasteiger partial charge in [0.1, 0.15) is 5.02 Å². The quantitative estimate of drug-likeness (QED) is 0.755. The molecule has 1 heterocycles. The highest BCUT2D eigenvalue weighted by Gasteiger charge is 2.24. The van der Waals surface area contributed by atoms with Gasteiger partial charge in [0.2, 0.25) is 0 Å². The molecule has 0 amide bonds. The molecule has 2 atom stereocenters. The minimum atomic E-state index is -0.439. The van der Waals surface area contributed by atoms with E-state index >= 15 is 0 Å². The lowest BCUT2D eigenvalue weighted by molar-refractivity contribution is 0.116. The third kappa shape index (κ3) is 3.26. The van der Waals surface area contributed by atoms with Crippen LogP contribution in [0.1, 0.15) is 25.7 Å². The molecule has 0 radical (unpaired) electrons. The molecular weight excluding hydrogens is 270 g/mol. The van der Waals surface area contributed by atoms with Crippen molar-refractivity contribution in [1.82, 2.24) is 9.78 Å². The van der Waals surface area contributed by atoms with Crippen LogP contribution >= 0.6 is 11.6 Å². The SMILES string of the molecule is O=c1c(Cl)c(NC2CCCCC2O)cnn1CCO. The second-order valence-corrected chi connectivity index (χ2v) is 5.10. The number of aromatic nitrogens is 2. The van der Waals surface area contributed by atoms with Crippen LogP contribution in [-0.2, 0) is 6.54 Å². The van der Waals surface area contributed by atoms with Gasteiger partial charge >= 0.3 is 0 Å². The van der Waals surface area contributed by atoms with Gasteiger partial charge in [0.25, 0.3) is 5.56 Å². The summed E-state index contributed by atoms with van der Waals surface area (Å²) in [5.41, 5.74) is -0.00202. The zero-order valence-electron chi connectivity index (χ0n) is 10.5. The number of nitrogens with zero attached hydrogens (tertiary/aromatic N) is 2. The monoisotopic (exact) mass is 287 g/mol. The van der Waals surface area contributed by atoms with Crippen molar-refractivity contribution in [2.45, 2.75) is 44.4 Å². The molecule has 6 nitrogen and oxygen atoms in total. The lowest BCUT2D eigenvalue weighted by atomic mass is 9.92. The van der Waals surface area contributed by atoms with E-state index in [0.29, 0.717) is 5.69 Å². The molecule has 3 N–H and O–H groups in total. The van der Waals surface area contributed by atoms with Crippen LogP contribution in [-0.4, -0.2) is 38.7 Å². The van der Waals surface area contributed by atoms with E-state index in [1.165, 1.54) is 6.20 Å². The maximum Gasteiger partial charge on any atom is 0.287 e. The number of aliphatic hydroxyl groups excluding tert-OH is 2. The standard InChI is InChI=1S/C12H18ClN3O3/c13-11-9(7-14-16(5-6-17)12(11)19)15-8-3-1-2-4-10(8)18/h7-8,10,15,17-18H,1-6H2. The van der Waals surface area contributed by atoms with Crippen LogP contribution < -0.4 is 10.9 Å².